The fraction of sp³-hybridized carbons (Fsp3) is 0.375. The van der Waals surface area contributed by atoms with Gasteiger partial charge < -0.3 is 11.1 Å². The van der Waals surface area contributed by atoms with Gasteiger partial charge in [-0.1, -0.05) is 44.9 Å². The van der Waals surface area contributed by atoms with Crippen molar-refractivity contribution in [1.82, 2.24) is 10.2 Å². The van der Waals surface area contributed by atoms with Crippen LogP contribution >= 0.6 is 0 Å². The van der Waals surface area contributed by atoms with Crippen LogP contribution in [0.2, 0.25) is 0 Å². The van der Waals surface area contributed by atoms with Gasteiger partial charge in [0.25, 0.3) is 5.91 Å². The van der Waals surface area contributed by atoms with Crippen LogP contribution in [0.4, 0.5) is 11.4 Å². The summed E-state index contributed by atoms with van der Waals surface area (Å²) in [6.45, 7) is 4.17. The Balaban J connectivity index is 2.18. The number of anilines is 2. The summed E-state index contributed by atoms with van der Waals surface area (Å²) >= 11 is 0. The van der Waals surface area contributed by atoms with E-state index in [1.807, 2.05) is 24.3 Å². The van der Waals surface area contributed by atoms with Crippen LogP contribution in [0, 0.1) is 0 Å². The highest BCUT2D eigenvalue weighted by Crippen LogP contribution is 2.20. The molecule has 0 saturated carbocycles. The van der Waals surface area contributed by atoms with Crippen molar-refractivity contribution in [2.24, 2.45) is 0 Å². The number of nitrogens with one attached hydrogen (secondary N) is 2. The lowest BCUT2D eigenvalue weighted by Gasteiger charge is -2.09. The SMILES string of the molecule is CCCc1ccccc1NC(=O)c1n[nH]c(CCC)c1N. The highest BCUT2D eigenvalue weighted by molar-refractivity contribution is 6.06. The summed E-state index contributed by atoms with van der Waals surface area (Å²) in [7, 11) is 0. The second-order valence-corrected chi connectivity index (χ2v) is 5.08. The van der Waals surface area contributed by atoms with E-state index in [1.165, 1.54) is 0 Å². The smallest absolute Gasteiger partial charge is 0.278 e. The van der Waals surface area contributed by atoms with Gasteiger partial charge in [-0.15, -0.1) is 0 Å². The van der Waals surface area contributed by atoms with Crippen molar-refractivity contribution in [3.05, 3.63) is 41.2 Å². The molecule has 0 atom stereocenters. The van der Waals surface area contributed by atoms with E-state index < -0.39 is 0 Å². The Morgan fingerprint density at radius 3 is 2.67 bits per heavy atom. The van der Waals surface area contributed by atoms with Crippen molar-refractivity contribution >= 4 is 17.3 Å². The van der Waals surface area contributed by atoms with E-state index in [4.69, 9.17) is 5.73 Å². The molecule has 2 aromatic rings. The minimum atomic E-state index is -0.269. The molecule has 0 aliphatic carbocycles. The number of nitrogen functional groups attached to an aromatic ring is 1. The van der Waals surface area contributed by atoms with E-state index in [0.717, 1.165) is 42.6 Å². The van der Waals surface area contributed by atoms with Crippen LogP contribution in [-0.4, -0.2) is 16.1 Å². The molecule has 1 aromatic heterocycles. The maximum atomic E-state index is 12.3. The zero-order chi connectivity index (χ0) is 15.2. The number of H-pyrrole nitrogens is 1. The molecule has 0 bridgehead atoms. The molecular weight excluding hydrogens is 264 g/mol. The van der Waals surface area contributed by atoms with E-state index in [0.29, 0.717) is 5.69 Å². The molecule has 2 rings (SSSR count). The number of carbonyl (C=O) groups is 1. The molecule has 1 heterocycles. The fourth-order valence-corrected chi connectivity index (χ4v) is 2.31. The molecule has 5 nitrogen and oxygen atoms in total. The monoisotopic (exact) mass is 286 g/mol. The third-order valence-electron chi connectivity index (χ3n) is 3.38. The molecule has 112 valence electrons. The Hall–Kier alpha value is -2.30. The first-order valence-electron chi connectivity index (χ1n) is 7.39. The summed E-state index contributed by atoms with van der Waals surface area (Å²) in [6.07, 6.45) is 3.69. The van der Waals surface area contributed by atoms with Crippen molar-refractivity contribution in [2.75, 3.05) is 11.1 Å². The molecule has 0 spiro atoms. The first kappa shape index (κ1) is 15.1. The second-order valence-electron chi connectivity index (χ2n) is 5.08. The molecule has 1 amide bonds. The number of amides is 1. The lowest BCUT2D eigenvalue weighted by molar-refractivity contribution is 0.102. The third kappa shape index (κ3) is 3.42. The molecule has 0 radical (unpaired) electrons. The largest absolute Gasteiger partial charge is 0.395 e. The average molecular weight is 286 g/mol. The summed E-state index contributed by atoms with van der Waals surface area (Å²) in [4.78, 5) is 12.3. The summed E-state index contributed by atoms with van der Waals surface area (Å²) in [6, 6.07) is 7.81. The Morgan fingerprint density at radius 2 is 1.95 bits per heavy atom. The number of nitrogens with zero attached hydrogens (tertiary/aromatic N) is 1. The van der Waals surface area contributed by atoms with Crippen LogP contribution in [0.5, 0.6) is 0 Å². The van der Waals surface area contributed by atoms with Crippen LogP contribution in [0.1, 0.15) is 48.4 Å². The van der Waals surface area contributed by atoms with Gasteiger partial charge in [-0.05, 0) is 24.5 Å². The molecule has 1 aromatic carbocycles. The van der Waals surface area contributed by atoms with E-state index in [1.54, 1.807) is 0 Å². The fourth-order valence-electron chi connectivity index (χ4n) is 2.31. The molecule has 0 saturated heterocycles. The number of para-hydroxylation sites is 1. The normalized spacial score (nSPS) is 10.6. The predicted molar refractivity (Wildman–Crippen MR) is 85.4 cm³/mol. The van der Waals surface area contributed by atoms with Gasteiger partial charge in [0.2, 0.25) is 0 Å². The summed E-state index contributed by atoms with van der Waals surface area (Å²) in [5, 5.41) is 9.80. The van der Waals surface area contributed by atoms with Crippen molar-refractivity contribution in [3.63, 3.8) is 0 Å². The van der Waals surface area contributed by atoms with Crippen molar-refractivity contribution < 1.29 is 4.79 Å². The molecular formula is C16H22N4O. The minimum absolute atomic E-state index is 0.268. The number of aromatic amines is 1. The van der Waals surface area contributed by atoms with Crippen LogP contribution in [0.15, 0.2) is 24.3 Å². The van der Waals surface area contributed by atoms with Gasteiger partial charge in [0.1, 0.15) is 0 Å². The van der Waals surface area contributed by atoms with Gasteiger partial charge in [0.15, 0.2) is 5.69 Å². The van der Waals surface area contributed by atoms with Crippen molar-refractivity contribution in [2.45, 2.75) is 39.5 Å². The number of hydrogen-bond acceptors (Lipinski definition) is 3. The van der Waals surface area contributed by atoms with Crippen LogP contribution < -0.4 is 11.1 Å². The van der Waals surface area contributed by atoms with Gasteiger partial charge in [-0.2, -0.15) is 5.10 Å². The number of carbonyl (C=O) groups excluding carboxylic acids is 1. The molecule has 4 N–H and O–H groups in total. The Labute approximate surface area is 124 Å². The predicted octanol–water partition coefficient (Wildman–Crippen LogP) is 3.15. The Kier molecular flexibility index (Phi) is 4.98. The molecule has 0 fully saturated rings. The maximum Gasteiger partial charge on any atom is 0.278 e. The molecule has 0 aliphatic rings. The highest BCUT2D eigenvalue weighted by atomic mass is 16.2. The first-order valence-corrected chi connectivity index (χ1v) is 7.39. The number of aryl methyl sites for hydroxylation is 2. The van der Waals surface area contributed by atoms with Crippen LogP contribution in [-0.2, 0) is 12.8 Å². The average Bonchev–Trinajstić information content (AvgIpc) is 2.83. The highest BCUT2D eigenvalue weighted by Gasteiger charge is 2.17. The van der Waals surface area contributed by atoms with Crippen molar-refractivity contribution in [3.8, 4) is 0 Å². The second kappa shape index (κ2) is 6.92. The summed E-state index contributed by atoms with van der Waals surface area (Å²) in [5.74, 6) is -0.269. The standard InChI is InChI=1S/C16H22N4O/c1-3-7-11-9-5-6-10-12(11)18-16(21)15-14(17)13(8-4-2)19-20-15/h5-6,9-10H,3-4,7-8,17H2,1-2H3,(H,18,21)(H,19,20). The summed E-state index contributed by atoms with van der Waals surface area (Å²) in [5.41, 5.74) is 9.47. The Bertz CT molecular complexity index is 618. The molecule has 0 unspecified atom stereocenters. The number of hydrogen-bond donors (Lipinski definition) is 3. The number of aromatic nitrogens is 2. The van der Waals surface area contributed by atoms with E-state index in [9.17, 15) is 4.79 Å². The van der Waals surface area contributed by atoms with Crippen LogP contribution in [0.3, 0.4) is 0 Å². The maximum absolute atomic E-state index is 12.3. The zero-order valence-corrected chi connectivity index (χ0v) is 12.6. The van der Waals surface area contributed by atoms with Gasteiger partial charge in [0.05, 0.1) is 11.4 Å². The number of benzene rings is 1. The summed E-state index contributed by atoms with van der Waals surface area (Å²) < 4.78 is 0. The minimum Gasteiger partial charge on any atom is -0.395 e. The van der Waals surface area contributed by atoms with E-state index in [2.05, 4.69) is 29.4 Å². The zero-order valence-electron chi connectivity index (χ0n) is 12.6. The van der Waals surface area contributed by atoms with E-state index in [-0.39, 0.29) is 11.6 Å². The first-order chi connectivity index (χ1) is 10.2. The third-order valence-corrected chi connectivity index (χ3v) is 3.38. The lowest BCUT2D eigenvalue weighted by atomic mass is 10.1. The van der Waals surface area contributed by atoms with Gasteiger partial charge in [-0.25, -0.2) is 0 Å². The Morgan fingerprint density at radius 1 is 1.24 bits per heavy atom. The quantitative estimate of drug-likeness (QED) is 0.762. The van der Waals surface area contributed by atoms with Gasteiger partial charge in [0, 0.05) is 5.69 Å². The molecule has 0 aliphatic heterocycles. The lowest BCUT2D eigenvalue weighted by Crippen LogP contribution is -2.15. The molecule has 5 heteroatoms. The van der Waals surface area contributed by atoms with Gasteiger partial charge >= 0.3 is 0 Å². The number of nitrogens with two attached hydrogens (primary N) is 1. The molecule has 21 heavy (non-hydrogen) atoms. The topological polar surface area (TPSA) is 83.8 Å². The van der Waals surface area contributed by atoms with Gasteiger partial charge in [-0.3, -0.25) is 9.89 Å². The number of rotatable bonds is 6. The van der Waals surface area contributed by atoms with Crippen LogP contribution in [0.25, 0.3) is 0 Å². The van der Waals surface area contributed by atoms with E-state index >= 15 is 0 Å². The van der Waals surface area contributed by atoms with Crippen molar-refractivity contribution in [1.29, 1.82) is 0 Å².